The number of hydrogen-bond donors (Lipinski definition) is 1. The van der Waals surface area contributed by atoms with E-state index in [0.29, 0.717) is 25.6 Å². The first-order valence-corrected chi connectivity index (χ1v) is 8.76. The number of carbonyl (C=O) groups is 1. The normalized spacial score (nSPS) is 13.2. The van der Waals surface area contributed by atoms with E-state index in [1.807, 2.05) is 19.9 Å². The van der Waals surface area contributed by atoms with Gasteiger partial charge in [0.15, 0.2) is 0 Å². The second-order valence-corrected chi connectivity index (χ2v) is 5.86. The lowest BCUT2D eigenvalue weighted by Crippen LogP contribution is -2.33. The quantitative estimate of drug-likeness (QED) is 0.627. The van der Waals surface area contributed by atoms with E-state index in [1.165, 1.54) is 12.7 Å². The average molecular weight is 337 g/mol. The minimum atomic E-state index is -0.548. The van der Waals surface area contributed by atoms with E-state index in [-0.39, 0.29) is 5.97 Å². The fraction of sp³-hybridized carbons (Fsp3) is 0.632. The molecule has 0 fully saturated rings. The Morgan fingerprint density at radius 2 is 1.67 bits per heavy atom. The maximum absolute atomic E-state index is 11.5. The van der Waals surface area contributed by atoms with Gasteiger partial charge in [0, 0.05) is 6.07 Å². The summed E-state index contributed by atoms with van der Waals surface area (Å²) < 4.78 is 15.9. The van der Waals surface area contributed by atoms with Crippen molar-refractivity contribution < 1.29 is 19.0 Å². The highest BCUT2D eigenvalue weighted by atomic mass is 16.5. The molecule has 0 saturated heterocycles. The second kappa shape index (κ2) is 10.9. The van der Waals surface area contributed by atoms with Crippen molar-refractivity contribution in [1.82, 2.24) is 0 Å². The predicted octanol–water partition coefficient (Wildman–Crippen LogP) is 3.33. The van der Waals surface area contributed by atoms with Crippen molar-refractivity contribution in [2.45, 2.75) is 52.5 Å². The Balaban J connectivity index is 2.70. The van der Waals surface area contributed by atoms with Crippen LogP contribution in [0.4, 0.5) is 0 Å². The number of ether oxygens (including phenoxy) is 3. The van der Waals surface area contributed by atoms with Gasteiger partial charge in [-0.25, -0.2) is 0 Å². The first-order chi connectivity index (χ1) is 11.5. The van der Waals surface area contributed by atoms with Gasteiger partial charge in [-0.2, -0.15) is 0 Å². The van der Waals surface area contributed by atoms with Gasteiger partial charge < -0.3 is 19.9 Å². The highest BCUT2D eigenvalue weighted by molar-refractivity contribution is 5.75. The van der Waals surface area contributed by atoms with Gasteiger partial charge in [-0.05, 0) is 56.7 Å². The van der Waals surface area contributed by atoms with Gasteiger partial charge in [0.05, 0.1) is 20.3 Å². The summed E-state index contributed by atoms with van der Waals surface area (Å²) in [5, 5.41) is 0. The number of methoxy groups -OCH3 is 1. The van der Waals surface area contributed by atoms with E-state index in [9.17, 15) is 4.79 Å². The van der Waals surface area contributed by atoms with E-state index in [2.05, 4.69) is 19.1 Å². The van der Waals surface area contributed by atoms with Crippen LogP contribution in [0.25, 0.3) is 0 Å². The number of hydrogen-bond acceptors (Lipinski definition) is 5. The summed E-state index contributed by atoms with van der Waals surface area (Å²) in [6.45, 7) is 7.31. The van der Waals surface area contributed by atoms with Crippen LogP contribution in [0.15, 0.2) is 18.2 Å². The summed E-state index contributed by atoms with van der Waals surface area (Å²) in [6.07, 6.45) is 3.48. The average Bonchev–Trinajstić information content (AvgIpc) is 2.58. The van der Waals surface area contributed by atoms with E-state index >= 15 is 0 Å². The molecule has 136 valence electrons. The van der Waals surface area contributed by atoms with Crippen molar-refractivity contribution in [2.75, 3.05) is 20.3 Å². The van der Waals surface area contributed by atoms with Crippen LogP contribution in [0.5, 0.6) is 11.5 Å². The fourth-order valence-corrected chi connectivity index (χ4v) is 2.74. The zero-order chi connectivity index (χ0) is 17.9. The molecular formula is C19H31NO4. The molecule has 0 heterocycles. The van der Waals surface area contributed by atoms with Crippen molar-refractivity contribution in [3.8, 4) is 11.5 Å². The number of carbonyl (C=O) groups excluding carboxylic acids is 1. The Morgan fingerprint density at radius 3 is 2.12 bits per heavy atom. The van der Waals surface area contributed by atoms with E-state index < -0.39 is 6.04 Å². The third kappa shape index (κ3) is 6.79. The van der Waals surface area contributed by atoms with Gasteiger partial charge >= 0.3 is 5.97 Å². The zero-order valence-electron chi connectivity index (χ0n) is 15.3. The predicted molar refractivity (Wildman–Crippen MR) is 95.5 cm³/mol. The molecule has 0 spiro atoms. The van der Waals surface area contributed by atoms with Crippen molar-refractivity contribution in [3.63, 3.8) is 0 Å². The molecule has 0 aliphatic rings. The van der Waals surface area contributed by atoms with Gasteiger partial charge in [-0.1, -0.05) is 13.3 Å². The molecule has 0 saturated carbocycles. The summed E-state index contributed by atoms with van der Waals surface area (Å²) in [7, 11) is 1.37. The molecular weight excluding hydrogens is 306 g/mol. The molecule has 1 aromatic carbocycles. The lowest BCUT2D eigenvalue weighted by molar-refractivity contribution is -0.142. The lowest BCUT2D eigenvalue weighted by Gasteiger charge is -2.18. The monoisotopic (exact) mass is 337 g/mol. The topological polar surface area (TPSA) is 70.8 Å². The third-order valence-electron chi connectivity index (χ3n) is 4.07. The van der Waals surface area contributed by atoms with Gasteiger partial charge in [0.2, 0.25) is 0 Å². The molecule has 0 amide bonds. The summed E-state index contributed by atoms with van der Waals surface area (Å²) in [4.78, 5) is 11.5. The smallest absolute Gasteiger partial charge is 0.322 e. The maximum Gasteiger partial charge on any atom is 0.322 e. The van der Waals surface area contributed by atoms with Crippen molar-refractivity contribution >= 4 is 5.97 Å². The molecule has 2 atom stereocenters. The highest BCUT2D eigenvalue weighted by Gasteiger charge is 2.19. The molecule has 0 aliphatic heterocycles. The number of nitrogens with two attached hydrogens (primary N) is 1. The standard InChI is InChI=1S/C19H31NO4/c1-5-14(12-18(20)19(21)22-4)8-9-15-10-16(23-6-2)13-17(11-15)24-7-3/h10-11,13-14,18H,5-9,12,20H2,1-4H3. The van der Waals surface area contributed by atoms with Gasteiger partial charge in [0.25, 0.3) is 0 Å². The Morgan fingerprint density at radius 1 is 1.08 bits per heavy atom. The summed E-state index contributed by atoms with van der Waals surface area (Å²) in [5.74, 6) is 1.70. The molecule has 24 heavy (non-hydrogen) atoms. The van der Waals surface area contributed by atoms with Crippen LogP contribution in [-0.2, 0) is 16.0 Å². The van der Waals surface area contributed by atoms with E-state index in [0.717, 1.165) is 30.8 Å². The molecule has 1 rings (SSSR count). The van der Waals surface area contributed by atoms with Crippen LogP contribution in [-0.4, -0.2) is 32.3 Å². The van der Waals surface area contributed by atoms with E-state index in [4.69, 9.17) is 19.9 Å². The number of benzene rings is 1. The molecule has 0 aliphatic carbocycles. The Kier molecular flexibility index (Phi) is 9.23. The van der Waals surface area contributed by atoms with Crippen molar-refractivity contribution in [2.24, 2.45) is 11.7 Å². The molecule has 0 bridgehead atoms. The minimum absolute atomic E-state index is 0.342. The number of aryl methyl sites for hydroxylation is 1. The first-order valence-electron chi connectivity index (χ1n) is 8.76. The largest absolute Gasteiger partial charge is 0.494 e. The van der Waals surface area contributed by atoms with Crippen LogP contribution in [0.1, 0.15) is 45.6 Å². The van der Waals surface area contributed by atoms with Crippen LogP contribution in [0, 0.1) is 5.92 Å². The Hall–Kier alpha value is -1.75. The Labute approximate surface area is 145 Å². The molecule has 0 aromatic heterocycles. The first kappa shape index (κ1) is 20.3. The highest BCUT2D eigenvalue weighted by Crippen LogP contribution is 2.26. The summed E-state index contributed by atoms with van der Waals surface area (Å²) in [5.41, 5.74) is 7.06. The molecule has 1 aromatic rings. The third-order valence-corrected chi connectivity index (χ3v) is 4.07. The van der Waals surface area contributed by atoms with Gasteiger partial charge in [-0.15, -0.1) is 0 Å². The second-order valence-electron chi connectivity index (χ2n) is 5.86. The molecule has 0 radical (unpaired) electrons. The lowest BCUT2D eigenvalue weighted by atomic mass is 9.91. The minimum Gasteiger partial charge on any atom is -0.494 e. The Bertz CT molecular complexity index is 480. The molecule has 2 unspecified atom stereocenters. The summed E-state index contributed by atoms with van der Waals surface area (Å²) in [6, 6.07) is 5.48. The van der Waals surface area contributed by atoms with Crippen molar-refractivity contribution in [1.29, 1.82) is 0 Å². The number of esters is 1. The van der Waals surface area contributed by atoms with E-state index in [1.54, 1.807) is 0 Å². The van der Waals surface area contributed by atoms with Crippen LogP contribution < -0.4 is 15.2 Å². The zero-order valence-corrected chi connectivity index (χ0v) is 15.3. The molecule has 2 N–H and O–H groups in total. The van der Waals surface area contributed by atoms with Crippen LogP contribution >= 0.6 is 0 Å². The number of rotatable bonds is 11. The van der Waals surface area contributed by atoms with Gasteiger partial charge in [-0.3, -0.25) is 4.79 Å². The van der Waals surface area contributed by atoms with Gasteiger partial charge in [0.1, 0.15) is 17.5 Å². The molecule has 5 heteroatoms. The molecule has 5 nitrogen and oxygen atoms in total. The van der Waals surface area contributed by atoms with Crippen molar-refractivity contribution in [3.05, 3.63) is 23.8 Å². The fourth-order valence-electron chi connectivity index (χ4n) is 2.74. The SMILES string of the molecule is CCOc1cc(CCC(CC)CC(N)C(=O)OC)cc(OCC)c1. The maximum atomic E-state index is 11.5. The van der Waals surface area contributed by atoms with Crippen LogP contribution in [0.3, 0.4) is 0 Å². The van der Waals surface area contributed by atoms with Crippen LogP contribution in [0.2, 0.25) is 0 Å². The summed E-state index contributed by atoms with van der Waals surface area (Å²) >= 11 is 0.